The molecule has 0 aromatic heterocycles. The minimum atomic E-state index is -0.350. The third kappa shape index (κ3) is 13.1. The lowest BCUT2D eigenvalue weighted by molar-refractivity contribution is -0.139. The van der Waals surface area contributed by atoms with Crippen molar-refractivity contribution < 1.29 is 23.7 Å². The number of aryl methyl sites for hydroxylation is 2. The van der Waals surface area contributed by atoms with E-state index in [4.69, 9.17) is 18.9 Å². The lowest BCUT2D eigenvalue weighted by atomic mass is 9.97. The van der Waals surface area contributed by atoms with E-state index in [2.05, 4.69) is 56.1 Å². The van der Waals surface area contributed by atoms with Gasteiger partial charge in [-0.1, -0.05) is 70.6 Å². The SMILES string of the molecule is C=C(C)C(=O)OCCCc1cc(-c2ccc(OCCCCCCCCCC)cc2C)ccc1OCOCC1CCNCC1. The summed E-state index contributed by atoms with van der Waals surface area (Å²) in [6, 6.07) is 12.7. The average Bonchev–Trinajstić information content (AvgIpc) is 3.01. The van der Waals surface area contributed by atoms with Gasteiger partial charge < -0.3 is 24.3 Å². The van der Waals surface area contributed by atoms with Crippen molar-refractivity contribution in [2.75, 3.05) is 39.7 Å². The first-order valence-corrected chi connectivity index (χ1v) is 16.6. The Kier molecular flexibility index (Phi) is 16.3. The van der Waals surface area contributed by atoms with E-state index in [1.165, 1.54) is 56.1 Å². The Bertz CT molecular complexity index is 1110. The highest BCUT2D eigenvalue weighted by Crippen LogP contribution is 2.32. The van der Waals surface area contributed by atoms with Gasteiger partial charge in [0.2, 0.25) is 0 Å². The van der Waals surface area contributed by atoms with Crippen LogP contribution < -0.4 is 14.8 Å². The molecule has 1 aliphatic heterocycles. The zero-order chi connectivity index (χ0) is 30.7. The van der Waals surface area contributed by atoms with E-state index in [0.717, 1.165) is 74.6 Å². The first-order chi connectivity index (χ1) is 21.0. The van der Waals surface area contributed by atoms with Crippen LogP contribution in [0.1, 0.15) is 95.6 Å². The van der Waals surface area contributed by atoms with E-state index >= 15 is 0 Å². The van der Waals surface area contributed by atoms with Crippen LogP contribution in [0.3, 0.4) is 0 Å². The lowest BCUT2D eigenvalue weighted by Gasteiger charge is -2.22. The topological polar surface area (TPSA) is 66.0 Å². The van der Waals surface area contributed by atoms with Gasteiger partial charge in [0.05, 0.1) is 19.8 Å². The van der Waals surface area contributed by atoms with Crippen molar-refractivity contribution in [3.8, 4) is 22.6 Å². The van der Waals surface area contributed by atoms with E-state index < -0.39 is 0 Å². The summed E-state index contributed by atoms with van der Waals surface area (Å²) < 4.78 is 23.4. The van der Waals surface area contributed by atoms with Gasteiger partial charge in [0.15, 0.2) is 6.79 Å². The second-order valence-corrected chi connectivity index (χ2v) is 12.0. The van der Waals surface area contributed by atoms with Gasteiger partial charge in [0.25, 0.3) is 0 Å². The first-order valence-electron chi connectivity index (χ1n) is 16.6. The number of unbranched alkanes of at least 4 members (excludes halogenated alkanes) is 7. The first kappa shape index (κ1) is 34.7. The molecule has 1 fully saturated rings. The molecule has 6 nitrogen and oxygen atoms in total. The smallest absolute Gasteiger partial charge is 0.333 e. The molecule has 0 spiro atoms. The molecule has 3 rings (SSSR count). The quantitative estimate of drug-likeness (QED) is 0.0677. The van der Waals surface area contributed by atoms with Crippen LogP contribution in [0.4, 0.5) is 0 Å². The van der Waals surface area contributed by atoms with Gasteiger partial charge >= 0.3 is 5.97 Å². The Labute approximate surface area is 260 Å². The molecule has 0 saturated carbocycles. The van der Waals surface area contributed by atoms with Crippen molar-refractivity contribution in [1.29, 1.82) is 0 Å². The molecule has 0 bridgehead atoms. The number of ether oxygens (including phenoxy) is 4. The van der Waals surface area contributed by atoms with E-state index in [1.54, 1.807) is 6.92 Å². The average molecular weight is 594 g/mol. The van der Waals surface area contributed by atoms with E-state index in [1.807, 2.05) is 6.07 Å². The molecule has 0 aliphatic carbocycles. The molecule has 6 heteroatoms. The fraction of sp³-hybridized carbons (Fsp3) is 0.595. The molecule has 1 heterocycles. The van der Waals surface area contributed by atoms with Crippen LogP contribution in [-0.2, 0) is 20.7 Å². The molecule has 2 aromatic rings. The minimum Gasteiger partial charge on any atom is -0.494 e. The van der Waals surface area contributed by atoms with Crippen molar-refractivity contribution >= 4 is 5.97 Å². The summed E-state index contributed by atoms with van der Waals surface area (Å²) >= 11 is 0. The summed E-state index contributed by atoms with van der Waals surface area (Å²) in [6.45, 7) is 13.9. The Balaban J connectivity index is 1.56. The van der Waals surface area contributed by atoms with Crippen molar-refractivity contribution in [3.63, 3.8) is 0 Å². The third-order valence-electron chi connectivity index (χ3n) is 8.12. The maximum atomic E-state index is 11.8. The number of carbonyl (C=O) groups is 1. The number of hydrogen-bond acceptors (Lipinski definition) is 6. The summed E-state index contributed by atoms with van der Waals surface area (Å²) in [7, 11) is 0. The van der Waals surface area contributed by atoms with Gasteiger partial charge in [-0.15, -0.1) is 0 Å². The van der Waals surface area contributed by atoms with Crippen LogP contribution >= 0.6 is 0 Å². The van der Waals surface area contributed by atoms with Gasteiger partial charge in [-0.3, -0.25) is 0 Å². The molecular formula is C37H55NO5. The van der Waals surface area contributed by atoms with Crippen LogP contribution in [0.25, 0.3) is 11.1 Å². The molecule has 0 radical (unpaired) electrons. The number of benzene rings is 2. The Morgan fingerprint density at radius 1 is 0.907 bits per heavy atom. The number of hydrogen-bond donors (Lipinski definition) is 1. The fourth-order valence-corrected chi connectivity index (χ4v) is 5.48. The maximum Gasteiger partial charge on any atom is 0.333 e. The van der Waals surface area contributed by atoms with Crippen LogP contribution in [0.5, 0.6) is 11.5 Å². The van der Waals surface area contributed by atoms with E-state index in [9.17, 15) is 4.79 Å². The normalized spacial score (nSPS) is 13.6. The largest absolute Gasteiger partial charge is 0.494 e. The Morgan fingerprint density at radius 3 is 2.37 bits per heavy atom. The zero-order valence-corrected chi connectivity index (χ0v) is 27.0. The summed E-state index contributed by atoms with van der Waals surface area (Å²) in [5, 5.41) is 3.39. The number of nitrogens with one attached hydrogen (secondary N) is 1. The second-order valence-electron chi connectivity index (χ2n) is 12.0. The molecule has 1 aliphatic rings. The maximum absolute atomic E-state index is 11.8. The summed E-state index contributed by atoms with van der Waals surface area (Å²) in [5.41, 5.74) is 4.96. The molecule has 0 amide bonds. The van der Waals surface area contributed by atoms with Crippen LogP contribution in [0, 0.1) is 12.8 Å². The van der Waals surface area contributed by atoms with Crippen LogP contribution in [0.2, 0.25) is 0 Å². The van der Waals surface area contributed by atoms with Crippen molar-refractivity contribution in [1.82, 2.24) is 5.32 Å². The van der Waals surface area contributed by atoms with Gasteiger partial charge in [-0.25, -0.2) is 4.79 Å². The fourth-order valence-electron chi connectivity index (χ4n) is 5.48. The van der Waals surface area contributed by atoms with Gasteiger partial charge in [-0.2, -0.15) is 0 Å². The second kappa shape index (κ2) is 20.2. The standard InChI is InChI=1S/C37H55NO5/c1-5-6-7-8-9-10-11-12-23-41-34-16-17-35(30(4)25-34)32-15-18-36(43-28-40-27-31-19-21-38-22-20-31)33(26-32)14-13-24-42-37(39)29(2)3/h15-18,25-26,31,38H,2,5-14,19-24,27-28H2,1,3-4H3. The molecule has 1 N–H and O–H groups in total. The Hall–Kier alpha value is -2.83. The van der Waals surface area contributed by atoms with Gasteiger partial charge in [-0.05, 0) is 111 Å². The van der Waals surface area contributed by atoms with Crippen molar-refractivity contribution in [2.45, 2.75) is 97.8 Å². The molecule has 0 atom stereocenters. The monoisotopic (exact) mass is 593 g/mol. The predicted molar refractivity (Wildman–Crippen MR) is 176 cm³/mol. The highest BCUT2D eigenvalue weighted by molar-refractivity contribution is 5.86. The van der Waals surface area contributed by atoms with Gasteiger partial charge in [0, 0.05) is 5.57 Å². The van der Waals surface area contributed by atoms with Crippen LogP contribution in [0.15, 0.2) is 48.6 Å². The zero-order valence-electron chi connectivity index (χ0n) is 27.0. The van der Waals surface area contributed by atoms with E-state index in [0.29, 0.717) is 24.5 Å². The molecule has 1 saturated heterocycles. The predicted octanol–water partition coefficient (Wildman–Crippen LogP) is 8.59. The number of piperidine rings is 1. The molecule has 43 heavy (non-hydrogen) atoms. The van der Waals surface area contributed by atoms with Gasteiger partial charge in [0.1, 0.15) is 11.5 Å². The number of esters is 1. The summed E-state index contributed by atoms with van der Waals surface area (Å²) in [6.07, 6.45) is 14.1. The molecule has 2 aromatic carbocycles. The summed E-state index contributed by atoms with van der Waals surface area (Å²) in [5.74, 6) is 1.97. The van der Waals surface area contributed by atoms with Crippen molar-refractivity contribution in [3.05, 3.63) is 59.7 Å². The van der Waals surface area contributed by atoms with Crippen molar-refractivity contribution in [2.24, 2.45) is 5.92 Å². The minimum absolute atomic E-state index is 0.227. The summed E-state index contributed by atoms with van der Waals surface area (Å²) in [4.78, 5) is 11.8. The molecule has 238 valence electrons. The molecular weight excluding hydrogens is 538 g/mol. The Morgan fingerprint density at radius 2 is 1.65 bits per heavy atom. The number of rotatable bonds is 21. The molecule has 0 unspecified atom stereocenters. The lowest BCUT2D eigenvalue weighted by Crippen LogP contribution is -2.30. The van der Waals surface area contributed by atoms with E-state index in [-0.39, 0.29) is 12.8 Å². The van der Waals surface area contributed by atoms with Crippen LogP contribution in [-0.4, -0.2) is 45.7 Å². The number of carbonyl (C=O) groups excluding carboxylic acids is 1. The highest BCUT2D eigenvalue weighted by atomic mass is 16.7. The highest BCUT2D eigenvalue weighted by Gasteiger charge is 2.14. The third-order valence-corrected chi connectivity index (χ3v) is 8.12.